The number of guanidine groups is 1. The van der Waals surface area contributed by atoms with Crippen molar-refractivity contribution >= 4 is 16.0 Å². The lowest BCUT2D eigenvalue weighted by Gasteiger charge is -2.39. The molecule has 0 amide bonds. The minimum Gasteiger partial charge on any atom is -0.392 e. The minimum absolute atomic E-state index is 0.101. The highest BCUT2D eigenvalue weighted by atomic mass is 32.2. The lowest BCUT2D eigenvalue weighted by molar-refractivity contribution is 0.00396. The van der Waals surface area contributed by atoms with Gasteiger partial charge in [-0.3, -0.25) is 4.99 Å². The van der Waals surface area contributed by atoms with Crippen LogP contribution >= 0.6 is 0 Å². The van der Waals surface area contributed by atoms with Gasteiger partial charge in [0, 0.05) is 38.6 Å². The van der Waals surface area contributed by atoms with Gasteiger partial charge in [-0.1, -0.05) is 19.8 Å². The quantitative estimate of drug-likeness (QED) is 0.488. The number of nitrogens with one attached hydrogen (secondary N) is 2. The first-order valence-corrected chi connectivity index (χ1v) is 11.2. The maximum atomic E-state index is 11.6. The Morgan fingerprint density at radius 3 is 2.48 bits per heavy atom. The lowest BCUT2D eigenvalue weighted by Crippen LogP contribution is -2.49. The summed E-state index contributed by atoms with van der Waals surface area (Å²) in [6, 6.07) is 0. The summed E-state index contributed by atoms with van der Waals surface area (Å²) in [6.45, 7) is 4.83. The van der Waals surface area contributed by atoms with E-state index in [4.69, 9.17) is 0 Å². The fraction of sp³-hybridized carbons (Fsp3) is 0.941. The average Bonchev–Trinajstić information content (AvgIpc) is 2.57. The zero-order valence-electron chi connectivity index (χ0n) is 15.8. The van der Waals surface area contributed by atoms with E-state index in [-0.39, 0.29) is 11.5 Å². The smallest absolute Gasteiger partial charge is 0.211 e. The van der Waals surface area contributed by atoms with Crippen LogP contribution in [0.25, 0.3) is 0 Å². The van der Waals surface area contributed by atoms with Gasteiger partial charge in [0.05, 0.1) is 12.4 Å². The molecule has 0 bridgehead atoms. The van der Waals surface area contributed by atoms with Crippen LogP contribution in [-0.2, 0) is 10.0 Å². The molecule has 1 aliphatic carbocycles. The molecule has 8 heteroatoms. The Balaban J connectivity index is 1.74. The molecule has 2 fully saturated rings. The van der Waals surface area contributed by atoms with Gasteiger partial charge in [-0.15, -0.1) is 0 Å². The molecule has 0 aromatic rings. The number of aliphatic hydroxyl groups excluding tert-OH is 1. The number of hydrogen-bond donors (Lipinski definition) is 3. The third kappa shape index (κ3) is 5.82. The SMILES string of the molecule is CN=C(NCC1CCN(S(C)(=O)=O)CC1)NCC1(C)CCCCC1O. The van der Waals surface area contributed by atoms with E-state index in [9.17, 15) is 13.5 Å². The monoisotopic (exact) mass is 374 g/mol. The molecule has 2 aliphatic rings. The third-order valence-electron chi connectivity index (χ3n) is 5.76. The van der Waals surface area contributed by atoms with E-state index >= 15 is 0 Å². The van der Waals surface area contributed by atoms with E-state index in [1.807, 2.05) is 0 Å². The first-order valence-electron chi connectivity index (χ1n) is 9.32. The van der Waals surface area contributed by atoms with Crippen molar-refractivity contribution in [1.29, 1.82) is 0 Å². The van der Waals surface area contributed by atoms with E-state index in [0.717, 1.165) is 44.6 Å². The zero-order valence-corrected chi connectivity index (χ0v) is 16.6. The maximum absolute atomic E-state index is 11.6. The molecule has 2 atom stereocenters. The molecule has 2 unspecified atom stereocenters. The molecule has 1 aliphatic heterocycles. The number of rotatable bonds is 5. The van der Waals surface area contributed by atoms with Crippen LogP contribution in [0.15, 0.2) is 4.99 Å². The molecule has 25 heavy (non-hydrogen) atoms. The summed E-state index contributed by atoms with van der Waals surface area (Å²) in [5, 5.41) is 17.0. The Morgan fingerprint density at radius 2 is 1.92 bits per heavy atom. The summed E-state index contributed by atoms with van der Waals surface area (Å²) in [5.74, 6) is 1.21. The number of aliphatic imine (C=N–C) groups is 1. The molecule has 0 radical (unpaired) electrons. The summed E-state index contributed by atoms with van der Waals surface area (Å²) in [5.41, 5.74) is -0.101. The second-order valence-corrected chi connectivity index (χ2v) is 9.81. The minimum atomic E-state index is -3.07. The van der Waals surface area contributed by atoms with E-state index in [1.165, 1.54) is 12.7 Å². The molecule has 1 saturated heterocycles. The number of nitrogens with zero attached hydrogens (tertiary/aromatic N) is 2. The number of sulfonamides is 1. The van der Waals surface area contributed by atoms with E-state index in [0.29, 0.717) is 25.6 Å². The number of hydrogen-bond acceptors (Lipinski definition) is 4. The molecular weight excluding hydrogens is 340 g/mol. The van der Waals surface area contributed by atoms with Gasteiger partial charge in [0.25, 0.3) is 0 Å². The summed E-state index contributed by atoms with van der Waals surface area (Å²) >= 11 is 0. The number of aliphatic hydroxyl groups is 1. The molecule has 7 nitrogen and oxygen atoms in total. The van der Waals surface area contributed by atoms with Crippen molar-refractivity contribution in [2.75, 3.05) is 39.5 Å². The van der Waals surface area contributed by atoms with E-state index < -0.39 is 10.0 Å². The van der Waals surface area contributed by atoms with Gasteiger partial charge in [0.15, 0.2) is 5.96 Å². The molecule has 146 valence electrons. The average molecular weight is 375 g/mol. The highest BCUT2D eigenvalue weighted by molar-refractivity contribution is 7.88. The van der Waals surface area contributed by atoms with Gasteiger partial charge < -0.3 is 15.7 Å². The van der Waals surface area contributed by atoms with Crippen LogP contribution in [0.2, 0.25) is 0 Å². The first-order chi connectivity index (χ1) is 11.7. The number of piperidine rings is 1. The van der Waals surface area contributed by atoms with Crippen molar-refractivity contribution in [2.24, 2.45) is 16.3 Å². The van der Waals surface area contributed by atoms with Crippen molar-refractivity contribution in [3.63, 3.8) is 0 Å². The van der Waals surface area contributed by atoms with E-state index in [1.54, 1.807) is 11.4 Å². The Bertz CT molecular complexity index is 558. The summed E-state index contributed by atoms with van der Waals surface area (Å²) in [6.07, 6.45) is 6.94. The second kappa shape index (κ2) is 8.68. The molecule has 1 heterocycles. The van der Waals surface area contributed by atoms with Crippen LogP contribution in [0, 0.1) is 11.3 Å². The molecule has 2 rings (SSSR count). The van der Waals surface area contributed by atoms with Crippen molar-refractivity contribution in [2.45, 2.75) is 51.6 Å². The first kappa shape index (κ1) is 20.5. The van der Waals surface area contributed by atoms with Gasteiger partial charge in [-0.2, -0.15) is 0 Å². The highest BCUT2D eigenvalue weighted by Crippen LogP contribution is 2.35. The van der Waals surface area contributed by atoms with Crippen LogP contribution in [0.5, 0.6) is 0 Å². The molecule has 0 spiro atoms. The van der Waals surface area contributed by atoms with Gasteiger partial charge in [-0.05, 0) is 31.6 Å². The van der Waals surface area contributed by atoms with E-state index in [2.05, 4.69) is 22.5 Å². The topological polar surface area (TPSA) is 94.0 Å². The predicted molar refractivity (Wildman–Crippen MR) is 101 cm³/mol. The summed E-state index contributed by atoms with van der Waals surface area (Å²) < 4.78 is 24.7. The van der Waals surface area contributed by atoms with Gasteiger partial charge in [0.2, 0.25) is 10.0 Å². The molecule has 3 N–H and O–H groups in total. The molecular formula is C17H34N4O3S. The van der Waals surface area contributed by atoms with Crippen LogP contribution in [0.3, 0.4) is 0 Å². The van der Waals surface area contributed by atoms with Crippen LogP contribution in [0.1, 0.15) is 45.4 Å². The van der Waals surface area contributed by atoms with Crippen LogP contribution < -0.4 is 10.6 Å². The Morgan fingerprint density at radius 1 is 1.24 bits per heavy atom. The third-order valence-corrected chi connectivity index (χ3v) is 7.07. The highest BCUT2D eigenvalue weighted by Gasteiger charge is 2.35. The van der Waals surface area contributed by atoms with Crippen LogP contribution in [0.4, 0.5) is 0 Å². The van der Waals surface area contributed by atoms with Crippen molar-refractivity contribution < 1.29 is 13.5 Å². The largest absolute Gasteiger partial charge is 0.392 e. The Labute approximate surface area is 152 Å². The normalized spacial score (nSPS) is 30.2. The fourth-order valence-corrected chi connectivity index (χ4v) is 4.65. The van der Waals surface area contributed by atoms with Crippen molar-refractivity contribution in [3.05, 3.63) is 0 Å². The van der Waals surface area contributed by atoms with Gasteiger partial charge >= 0.3 is 0 Å². The summed E-state index contributed by atoms with van der Waals surface area (Å²) in [7, 11) is -1.31. The second-order valence-electron chi connectivity index (χ2n) is 7.83. The zero-order chi connectivity index (χ0) is 18.5. The lowest BCUT2D eigenvalue weighted by atomic mass is 9.73. The Hall–Kier alpha value is -0.860. The molecule has 1 saturated carbocycles. The predicted octanol–water partition coefficient (Wildman–Crippen LogP) is 0.764. The fourth-order valence-electron chi connectivity index (χ4n) is 3.78. The molecule has 0 aromatic carbocycles. The summed E-state index contributed by atoms with van der Waals surface area (Å²) in [4.78, 5) is 4.27. The molecule has 0 aromatic heterocycles. The van der Waals surface area contributed by atoms with Gasteiger partial charge in [-0.25, -0.2) is 12.7 Å². The van der Waals surface area contributed by atoms with Crippen LogP contribution in [-0.4, -0.2) is 69.4 Å². The standard InChI is InChI=1S/C17H34N4O3S/c1-17(9-5-4-6-15(17)22)13-20-16(18-2)19-12-14-7-10-21(11-8-14)25(3,23)24/h14-15,22H,4-13H2,1-3H3,(H2,18,19,20). The van der Waals surface area contributed by atoms with Crippen molar-refractivity contribution in [1.82, 2.24) is 14.9 Å². The Kier molecular flexibility index (Phi) is 7.10. The maximum Gasteiger partial charge on any atom is 0.211 e. The van der Waals surface area contributed by atoms with Gasteiger partial charge in [0.1, 0.15) is 0 Å². The van der Waals surface area contributed by atoms with Crippen molar-refractivity contribution in [3.8, 4) is 0 Å².